The lowest BCUT2D eigenvalue weighted by atomic mass is 9.90. The topological polar surface area (TPSA) is 55.0 Å². The summed E-state index contributed by atoms with van der Waals surface area (Å²) < 4.78 is 29.4. The van der Waals surface area contributed by atoms with Crippen LogP contribution in [0.3, 0.4) is 0 Å². The van der Waals surface area contributed by atoms with Crippen molar-refractivity contribution in [3.63, 3.8) is 0 Å². The first-order valence-corrected chi connectivity index (χ1v) is 12.7. The molecule has 1 saturated heterocycles. The Morgan fingerprint density at radius 1 is 1.05 bits per heavy atom. The van der Waals surface area contributed by atoms with Gasteiger partial charge in [0.2, 0.25) is 0 Å². The van der Waals surface area contributed by atoms with E-state index in [4.69, 9.17) is 4.84 Å². The van der Waals surface area contributed by atoms with Crippen LogP contribution >= 0.6 is 0 Å². The van der Waals surface area contributed by atoms with Crippen LogP contribution < -0.4 is 0 Å². The molecular formula is C29H31F2N5O. The molecule has 5 rings (SSSR count). The van der Waals surface area contributed by atoms with Gasteiger partial charge in [0.05, 0.1) is 11.4 Å². The number of likely N-dealkylation sites (tertiary alicyclic amines) is 1. The highest BCUT2D eigenvalue weighted by Crippen LogP contribution is 2.29. The monoisotopic (exact) mass is 503 g/mol. The molecular weight excluding hydrogens is 472 g/mol. The summed E-state index contributed by atoms with van der Waals surface area (Å²) in [7, 11) is 0. The summed E-state index contributed by atoms with van der Waals surface area (Å²) in [6.07, 6.45) is 6.28. The van der Waals surface area contributed by atoms with Gasteiger partial charge in [0, 0.05) is 30.2 Å². The molecule has 4 aromatic rings. The van der Waals surface area contributed by atoms with E-state index in [2.05, 4.69) is 56.6 Å². The smallest absolute Gasteiger partial charge is 0.159 e. The molecule has 0 unspecified atom stereocenters. The zero-order valence-corrected chi connectivity index (χ0v) is 21.4. The van der Waals surface area contributed by atoms with Gasteiger partial charge in [-0.25, -0.2) is 13.8 Å². The normalized spacial score (nSPS) is 15.4. The van der Waals surface area contributed by atoms with Gasteiger partial charge < -0.3 is 9.24 Å². The van der Waals surface area contributed by atoms with Crippen LogP contribution in [0.15, 0.2) is 60.0 Å². The number of hydrogen-bond donors (Lipinski definition) is 0. The number of aromatic nitrogens is 3. The summed E-state index contributed by atoms with van der Waals surface area (Å²) >= 11 is 0. The minimum atomic E-state index is -0.933. The number of piperidine rings is 1. The highest BCUT2D eigenvalue weighted by molar-refractivity contribution is 6.11. The van der Waals surface area contributed by atoms with Crippen LogP contribution in [0, 0.1) is 25.5 Å². The highest BCUT2D eigenvalue weighted by atomic mass is 19.2. The SMILES string of the molecule is CCO/N=C(\c1ccc(F)c(F)c1)c1ccc(CN2CCC(c3ccc4nc(C)c(C)n4c3)CC2)cn1. The highest BCUT2D eigenvalue weighted by Gasteiger charge is 2.22. The summed E-state index contributed by atoms with van der Waals surface area (Å²) in [5.74, 6) is -1.30. The zero-order valence-electron chi connectivity index (χ0n) is 21.4. The molecule has 0 radical (unpaired) electrons. The third-order valence-electron chi connectivity index (χ3n) is 7.13. The van der Waals surface area contributed by atoms with Crippen molar-refractivity contribution in [3.8, 4) is 0 Å². The molecule has 192 valence electrons. The second-order valence-electron chi connectivity index (χ2n) is 9.56. The molecule has 3 aromatic heterocycles. The largest absolute Gasteiger partial charge is 0.396 e. The number of halogens is 2. The van der Waals surface area contributed by atoms with E-state index in [0.717, 1.165) is 61.5 Å². The van der Waals surface area contributed by atoms with Crippen LogP contribution in [0.25, 0.3) is 5.65 Å². The predicted octanol–water partition coefficient (Wildman–Crippen LogP) is 5.79. The summed E-state index contributed by atoms with van der Waals surface area (Å²) in [5.41, 5.74) is 7.07. The lowest BCUT2D eigenvalue weighted by Gasteiger charge is -2.32. The fraction of sp³-hybridized carbons (Fsp3) is 0.345. The van der Waals surface area contributed by atoms with Gasteiger partial charge in [-0.2, -0.15) is 0 Å². The number of oxime groups is 1. The molecule has 8 heteroatoms. The van der Waals surface area contributed by atoms with Crippen LogP contribution in [-0.4, -0.2) is 44.7 Å². The molecule has 4 heterocycles. The van der Waals surface area contributed by atoms with Crippen molar-refractivity contribution >= 4 is 11.4 Å². The number of imidazole rings is 1. The molecule has 6 nitrogen and oxygen atoms in total. The molecule has 0 saturated carbocycles. The molecule has 1 aliphatic rings. The van der Waals surface area contributed by atoms with Crippen molar-refractivity contribution in [2.75, 3.05) is 19.7 Å². The zero-order chi connectivity index (χ0) is 25.9. The molecule has 0 N–H and O–H groups in total. The van der Waals surface area contributed by atoms with E-state index in [1.165, 1.54) is 17.3 Å². The van der Waals surface area contributed by atoms with Crippen molar-refractivity contribution in [2.45, 2.75) is 46.1 Å². The first kappa shape index (κ1) is 25.0. The van der Waals surface area contributed by atoms with Crippen LogP contribution in [-0.2, 0) is 11.4 Å². The Hall–Kier alpha value is -3.65. The quantitative estimate of drug-likeness (QED) is 0.237. The molecule has 0 spiro atoms. The maximum atomic E-state index is 13.8. The Morgan fingerprint density at radius 2 is 1.86 bits per heavy atom. The first-order chi connectivity index (χ1) is 17.9. The molecule has 0 amide bonds. The van der Waals surface area contributed by atoms with Crippen molar-refractivity contribution < 1.29 is 13.6 Å². The van der Waals surface area contributed by atoms with E-state index in [1.54, 1.807) is 0 Å². The van der Waals surface area contributed by atoms with Crippen LogP contribution in [0.4, 0.5) is 8.78 Å². The van der Waals surface area contributed by atoms with Gasteiger partial charge in [0.15, 0.2) is 11.6 Å². The number of pyridine rings is 2. The van der Waals surface area contributed by atoms with Crippen LogP contribution in [0.2, 0.25) is 0 Å². The van der Waals surface area contributed by atoms with E-state index < -0.39 is 11.6 Å². The second kappa shape index (κ2) is 10.8. The molecule has 1 aromatic carbocycles. The summed E-state index contributed by atoms with van der Waals surface area (Å²) in [4.78, 5) is 16.9. The Morgan fingerprint density at radius 3 is 2.57 bits per heavy atom. The molecule has 0 atom stereocenters. The van der Waals surface area contributed by atoms with Gasteiger partial charge in [-0.3, -0.25) is 9.88 Å². The van der Waals surface area contributed by atoms with Crippen LogP contribution in [0.1, 0.15) is 59.5 Å². The van der Waals surface area contributed by atoms with Crippen molar-refractivity contribution in [3.05, 3.63) is 100 Å². The van der Waals surface area contributed by atoms with Crippen molar-refractivity contribution in [1.29, 1.82) is 0 Å². The molecule has 1 fully saturated rings. The van der Waals surface area contributed by atoms with E-state index in [-0.39, 0.29) is 0 Å². The Balaban J connectivity index is 1.24. The Kier molecular flexibility index (Phi) is 7.28. The van der Waals surface area contributed by atoms with Crippen molar-refractivity contribution in [2.24, 2.45) is 5.16 Å². The van der Waals surface area contributed by atoms with E-state index >= 15 is 0 Å². The third-order valence-corrected chi connectivity index (χ3v) is 7.13. The Labute approximate surface area is 215 Å². The standard InChI is InChI=1S/C29H31F2N5O/c1-4-37-34-29(23-6-8-25(30)26(31)15-23)27-9-5-21(16-32-27)17-35-13-11-22(12-14-35)24-7-10-28-33-19(2)20(3)36(28)18-24/h5-10,15-16,18,22H,4,11-14,17H2,1-3H3/b34-29+. The lowest BCUT2D eigenvalue weighted by molar-refractivity contribution is 0.159. The van der Waals surface area contributed by atoms with E-state index in [9.17, 15) is 8.78 Å². The number of aryl methyl sites for hydroxylation is 2. The van der Waals surface area contributed by atoms with Crippen LogP contribution in [0.5, 0.6) is 0 Å². The molecule has 37 heavy (non-hydrogen) atoms. The van der Waals surface area contributed by atoms with E-state index in [1.807, 2.05) is 25.3 Å². The lowest BCUT2D eigenvalue weighted by Crippen LogP contribution is -2.32. The fourth-order valence-electron chi connectivity index (χ4n) is 4.90. The summed E-state index contributed by atoms with van der Waals surface area (Å²) in [5, 5.41) is 4.11. The minimum absolute atomic E-state index is 0.358. The Bertz CT molecular complexity index is 1420. The number of hydrogen-bond acceptors (Lipinski definition) is 5. The maximum absolute atomic E-state index is 13.8. The van der Waals surface area contributed by atoms with Gasteiger partial charge in [-0.15, -0.1) is 0 Å². The van der Waals surface area contributed by atoms with Gasteiger partial charge in [0.25, 0.3) is 0 Å². The summed E-state index contributed by atoms with van der Waals surface area (Å²) in [6.45, 7) is 9.17. The molecule has 0 bridgehead atoms. The molecule has 0 aliphatic carbocycles. The number of benzene rings is 1. The number of nitrogens with zero attached hydrogens (tertiary/aromatic N) is 5. The fourth-order valence-corrected chi connectivity index (χ4v) is 4.90. The van der Waals surface area contributed by atoms with Gasteiger partial charge >= 0.3 is 0 Å². The van der Waals surface area contributed by atoms with Crippen molar-refractivity contribution in [1.82, 2.24) is 19.3 Å². The second-order valence-corrected chi connectivity index (χ2v) is 9.56. The average molecular weight is 504 g/mol. The number of fused-ring (bicyclic) bond motifs is 1. The van der Waals surface area contributed by atoms with Gasteiger partial charge in [-0.1, -0.05) is 17.3 Å². The average Bonchev–Trinajstić information content (AvgIpc) is 3.20. The minimum Gasteiger partial charge on any atom is -0.396 e. The van der Waals surface area contributed by atoms with Gasteiger partial charge in [-0.05, 0) is 94.1 Å². The maximum Gasteiger partial charge on any atom is 0.159 e. The van der Waals surface area contributed by atoms with Gasteiger partial charge in [0.1, 0.15) is 18.0 Å². The first-order valence-electron chi connectivity index (χ1n) is 12.7. The van der Waals surface area contributed by atoms with E-state index in [0.29, 0.717) is 29.5 Å². The third kappa shape index (κ3) is 5.39. The predicted molar refractivity (Wildman–Crippen MR) is 140 cm³/mol. The molecule has 1 aliphatic heterocycles. The number of rotatable bonds is 7. The summed E-state index contributed by atoms with van der Waals surface area (Å²) in [6, 6.07) is 11.9.